The molecule has 0 saturated carbocycles. The van der Waals surface area contributed by atoms with Gasteiger partial charge < -0.3 is 19.6 Å². The summed E-state index contributed by atoms with van der Waals surface area (Å²) in [4.78, 5) is 29.3. The van der Waals surface area contributed by atoms with E-state index >= 15 is 0 Å². The first-order valence-corrected chi connectivity index (χ1v) is 12.0. The average molecular weight is 495 g/mol. The van der Waals surface area contributed by atoms with Gasteiger partial charge in [0, 0.05) is 31.7 Å². The van der Waals surface area contributed by atoms with Crippen LogP contribution in [0.2, 0.25) is 0 Å². The maximum absolute atomic E-state index is 13.5. The van der Waals surface area contributed by atoms with Gasteiger partial charge in [0.2, 0.25) is 0 Å². The molecule has 1 aromatic heterocycles. The third kappa shape index (κ3) is 4.99. The molecule has 1 fully saturated rings. The number of fused-ring (bicyclic) bond motifs is 1. The van der Waals surface area contributed by atoms with Crippen molar-refractivity contribution in [3.63, 3.8) is 0 Å². The predicted molar refractivity (Wildman–Crippen MR) is 142 cm³/mol. The van der Waals surface area contributed by atoms with E-state index in [1.807, 2.05) is 58.3 Å². The lowest BCUT2D eigenvalue weighted by Crippen LogP contribution is -2.49. The van der Waals surface area contributed by atoms with Gasteiger partial charge >= 0.3 is 5.97 Å². The van der Waals surface area contributed by atoms with Gasteiger partial charge in [-0.2, -0.15) is 0 Å². The van der Waals surface area contributed by atoms with Gasteiger partial charge in [-0.1, -0.05) is 55.1 Å². The summed E-state index contributed by atoms with van der Waals surface area (Å²) in [6.45, 7) is 5.90. The van der Waals surface area contributed by atoms with Crippen LogP contribution in [0.5, 0.6) is 5.75 Å². The molecule has 4 aromatic rings. The van der Waals surface area contributed by atoms with Crippen LogP contribution in [0.1, 0.15) is 20.8 Å². The molecule has 37 heavy (non-hydrogen) atoms. The van der Waals surface area contributed by atoms with Gasteiger partial charge in [0.25, 0.3) is 5.91 Å². The molecule has 0 bridgehead atoms. The first-order valence-electron chi connectivity index (χ1n) is 12.0. The van der Waals surface area contributed by atoms with Gasteiger partial charge in [0.15, 0.2) is 11.5 Å². The number of phenols is 1. The Morgan fingerprint density at radius 1 is 0.919 bits per heavy atom. The molecule has 8 nitrogen and oxygen atoms in total. The third-order valence-corrected chi connectivity index (χ3v) is 6.39. The molecule has 0 aliphatic carbocycles. The van der Waals surface area contributed by atoms with E-state index in [4.69, 9.17) is 4.74 Å². The third-order valence-electron chi connectivity index (χ3n) is 6.39. The number of ether oxygens (including phenoxy) is 1. The fraction of sp³-hybridized carbons (Fsp3) is 0.172. The number of piperazine rings is 1. The van der Waals surface area contributed by atoms with Crippen molar-refractivity contribution < 1.29 is 19.4 Å². The summed E-state index contributed by atoms with van der Waals surface area (Å²) < 4.78 is 4.98. The minimum absolute atomic E-state index is 0.0234. The largest absolute Gasteiger partial charge is 0.508 e. The Morgan fingerprint density at radius 3 is 2.41 bits per heavy atom. The number of aromatic hydroxyl groups is 1. The van der Waals surface area contributed by atoms with Gasteiger partial charge in [-0.25, -0.2) is 4.79 Å². The molecule has 3 aromatic carbocycles. The molecule has 1 amide bonds. The van der Waals surface area contributed by atoms with Gasteiger partial charge in [0.1, 0.15) is 12.4 Å². The van der Waals surface area contributed by atoms with Gasteiger partial charge in [0.05, 0.1) is 0 Å². The van der Waals surface area contributed by atoms with Crippen molar-refractivity contribution in [2.75, 3.05) is 37.7 Å². The van der Waals surface area contributed by atoms with Crippen LogP contribution >= 0.6 is 0 Å². The molecule has 1 saturated heterocycles. The zero-order valence-electron chi connectivity index (χ0n) is 20.2. The molecule has 0 unspecified atom stereocenters. The predicted octanol–water partition coefficient (Wildman–Crippen LogP) is 4.31. The number of aromatic nitrogens is 2. The van der Waals surface area contributed by atoms with E-state index in [-0.39, 0.29) is 24.0 Å². The Hall–Kier alpha value is -4.72. The topological polar surface area (TPSA) is 95.9 Å². The first kappa shape index (κ1) is 24.0. The van der Waals surface area contributed by atoms with Crippen LogP contribution in [0, 0.1) is 0 Å². The summed E-state index contributed by atoms with van der Waals surface area (Å²) in [6, 6.07) is 22.1. The van der Waals surface area contributed by atoms with E-state index in [2.05, 4.69) is 16.8 Å². The van der Waals surface area contributed by atoms with E-state index in [1.54, 1.807) is 24.3 Å². The average Bonchev–Trinajstić information content (AvgIpc) is 2.95. The second kappa shape index (κ2) is 10.5. The smallest absolute Gasteiger partial charge is 0.359 e. The number of esters is 1. The van der Waals surface area contributed by atoms with Crippen LogP contribution in [0.15, 0.2) is 85.5 Å². The number of nitrogens with zero attached hydrogens (tertiary/aromatic N) is 4. The fourth-order valence-electron chi connectivity index (χ4n) is 4.53. The minimum Gasteiger partial charge on any atom is -0.508 e. The van der Waals surface area contributed by atoms with E-state index < -0.39 is 5.97 Å². The number of hydrogen-bond acceptors (Lipinski definition) is 7. The van der Waals surface area contributed by atoms with Crippen molar-refractivity contribution in [1.29, 1.82) is 0 Å². The second-order valence-corrected chi connectivity index (χ2v) is 8.70. The molecule has 2 heterocycles. The van der Waals surface area contributed by atoms with Gasteiger partial charge in [-0.05, 0) is 52.2 Å². The number of anilines is 1. The van der Waals surface area contributed by atoms with Crippen LogP contribution < -0.4 is 4.90 Å². The van der Waals surface area contributed by atoms with Crippen LogP contribution in [0.3, 0.4) is 0 Å². The van der Waals surface area contributed by atoms with E-state index in [0.717, 1.165) is 21.9 Å². The lowest BCUT2D eigenvalue weighted by Gasteiger charge is -2.35. The van der Waals surface area contributed by atoms with Crippen LogP contribution in [0.25, 0.3) is 21.9 Å². The molecule has 5 rings (SSSR count). The number of phenolic OH excluding ortho intramolecular Hbond substituents is 1. The number of amides is 1. The van der Waals surface area contributed by atoms with Gasteiger partial charge in [-0.15, -0.1) is 10.2 Å². The summed E-state index contributed by atoms with van der Waals surface area (Å²) in [5, 5.41) is 19.9. The maximum atomic E-state index is 13.5. The summed E-state index contributed by atoms with van der Waals surface area (Å²) in [7, 11) is 0. The summed E-state index contributed by atoms with van der Waals surface area (Å²) in [5.74, 6) is 0.279. The molecule has 186 valence electrons. The highest BCUT2D eigenvalue weighted by molar-refractivity contribution is 6.11. The number of hydrogen-bond donors (Lipinski definition) is 1. The summed E-state index contributed by atoms with van der Waals surface area (Å²) >= 11 is 0. The molecule has 0 radical (unpaired) electrons. The molecule has 0 atom stereocenters. The summed E-state index contributed by atoms with van der Waals surface area (Å²) in [6.07, 6.45) is 1.49. The molecule has 1 aliphatic rings. The second-order valence-electron chi connectivity index (χ2n) is 8.70. The van der Waals surface area contributed by atoms with Crippen LogP contribution in [-0.2, 0) is 4.74 Å². The van der Waals surface area contributed by atoms with E-state index in [1.165, 1.54) is 6.08 Å². The molecule has 8 heteroatoms. The van der Waals surface area contributed by atoms with Crippen LogP contribution in [-0.4, -0.2) is 64.9 Å². The van der Waals surface area contributed by atoms with Crippen molar-refractivity contribution in [2.45, 2.75) is 0 Å². The van der Waals surface area contributed by atoms with Crippen LogP contribution in [0.4, 0.5) is 5.82 Å². The zero-order chi connectivity index (χ0) is 25.8. The Morgan fingerprint density at radius 2 is 1.70 bits per heavy atom. The van der Waals surface area contributed by atoms with Crippen molar-refractivity contribution in [3.05, 3.63) is 96.7 Å². The zero-order valence-corrected chi connectivity index (χ0v) is 20.2. The number of carbonyl (C=O) groups is 2. The number of rotatable bonds is 6. The SMILES string of the molecule is C=CCOC(=O)c1ccc(N2CCN(C(=O)c3ccc(-c4cccc(O)c4)c4ccccc34)CC2)nn1. The lowest BCUT2D eigenvalue weighted by atomic mass is 9.94. The Kier molecular flexibility index (Phi) is 6.81. The Labute approximate surface area is 214 Å². The fourth-order valence-corrected chi connectivity index (χ4v) is 4.53. The van der Waals surface area contributed by atoms with E-state index in [0.29, 0.717) is 37.6 Å². The van der Waals surface area contributed by atoms with Crippen molar-refractivity contribution in [2.24, 2.45) is 0 Å². The lowest BCUT2D eigenvalue weighted by molar-refractivity contribution is 0.0541. The maximum Gasteiger partial charge on any atom is 0.359 e. The number of carbonyl (C=O) groups excluding carboxylic acids is 2. The monoisotopic (exact) mass is 494 g/mol. The van der Waals surface area contributed by atoms with E-state index in [9.17, 15) is 14.7 Å². The highest BCUT2D eigenvalue weighted by Crippen LogP contribution is 2.33. The minimum atomic E-state index is -0.545. The van der Waals surface area contributed by atoms with Crippen molar-refractivity contribution >= 4 is 28.5 Å². The molecule has 1 N–H and O–H groups in total. The van der Waals surface area contributed by atoms with Crippen molar-refractivity contribution in [1.82, 2.24) is 15.1 Å². The van der Waals surface area contributed by atoms with Crippen molar-refractivity contribution in [3.8, 4) is 16.9 Å². The highest BCUT2D eigenvalue weighted by atomic mass is 16.5. The quantitative estimate of drug-likeness (QED) is 0.315. The normalized spacial score (nSPS) is 13.4. The standard InChI is InChI=1S/C29H26N4O4/c1-2-18-37-29(36)26-12-13-27(31-30-26)32-14-16-33(17-15-32)28(35)25-11-10-22(20-6-5-7-21(34)19-20)23-8-3-4-9-24(23)25/h2-13,19,34H,1,14-18H2. The first-order chi connectivity index (χ1) is 18.0. The summed E-state index contributed by atoms with van der Waals surface area (Å²) in [5.41, 5.74) is 2.64. The highest BCUT2D eigenvalue weighted by Gasteiger charge is 2.25. The number of benzene rings is 3. The molecular formula is C29H26N4O4. The molecular weight excluding hydrogens is 468 g/mol. The molecule has 1 aliphatic heterocycles. The van der Waals surface area contributed by atoms with Gasteiger partial charge in [-0.3, -0.25) is 4.79 Å². The Balaban J connectivity index is 1.31. The Bertz CT molecular complexity index is 1460. The molecule has 0 spiro atoms.